The summed E-state index contributed by atoms with van der Waals surface area (Å²) in [5.41, 5.74) is 1.32. The molecule has 2 heterocycles. The van der Waals surface area contributed by atoms with Crippen molar-refractivity contribution in [3.63, 3.8) is 0 Å². The van der Waals surface area contributed by atoms with Crippen LogP contribution in [0.1, 0.15) is 44.6 Å². The molecule has 0 N–H and O–H groups in total. The number of piperazine rings is 1. The lowest BCUT2D eigenvalue weighted by atomic mass is 10.0. The SMILES string of the molecule is C[C@H]1C(=O)N2CCC[C@@H]2CN1C(=O)CCCCc1ccccc1. The summed E-state index contributed by atoms with van der Waals surface area (Å²) in [4.78, 5) is 28.7. The molecule has 2 saturated heterocycles. The zero-order chi connectivity index (χ0) is 16.2. The lowest BCUT2D eigenvalue weighted by Crippen LogP contribution is -2.60. The molecule has 0 bridgehead atoms. The number of nitrogens with zero attached hydrogens (tertiary/aromatic N) is 2. The quantitative estimate of drug-likeness (QED) is 0.784. The Labute approximate surface area is 138 Å². The van der Waals surface area contributed by atoms with Gasteiger partial charge in [0, 0.05) is 25.6 Å². The highest BCUT2D eigenvalue weighted by Crippen LogP contribution is 2.26. The van der Waals surface area contributed by atoms with Crippen molar-refractivity contribution in [3.05, 3.63) is 35.9 Å². The molecule has 4 nitrogen and oxygen atoms in total. The fraction of sp³-hybridized carbons (Fsp3) is 0.579. The van der Waals surface area contributed by atoms with Crippen molar-refractivity contribution in [2.75, 3.05) is 13.1 Å². The summed E-state index contributed by atoms with van der Waals surface area (Å²) in [6.07, 6.45) is 5.58. The minimum atomic E-state index is -0.286. The molecule has 1 aromatic rings. The number of fused-ring (bicyclic) bond motifs is 1. The second-order valence-electron chi connectivity index (χ2n) is 6.74. The third kappa shape index (κ3) is 3.57. The van der Waals surface area contributed by atoms with E-state index in [0.29, 0.717) is 6.42 Å². The predicted molar refractivity (Wildman–Crippen MR) is 89.9 cm³/mol. The van der Waals surface area contributed by atoms with Crippen LogP contribution in [0, 0.1) is 0 Å². The van der Waals surface area contributed by atoms with Gasteiger partial charge in [0.25, 0.3) is 0 Å². The highest BCUT2D eigenvalue weighted by atomic mass is 16.2. The van der Waals surface area contributed by atoms with E-state index in [-0.39, 0.29) is 23.9 Å². The number of aryl methyl sites for hydroxylation is 1. The third-order valence-electron chi connectivity index (χ3n) is 5.16. The van der Waals surface area contributed by atoms with Crippen LogP contribution in [-0.2, 0) is 16.0 Å². The van der Waals surface area contributed by atoms with Gasteiger partial charge in [0.05, 0.1) is 0 Å². The molecule has 1 aromatic carbocycles. The van der Waals surface area contributed by atoms with Crippen LogP contribution in [0.4, 0.5) is 0 Å². The van der Waals surface area contributed by atoms with Crippen molar-refractivity contribution in [1.29, 1.82) is 0 Å². The first kappa shape index (κ1) is 16.0. The second-order valence-corrected chi connectivity index (χ2v) is 6.74. The zero-order valence-corrected chi connectivity index (χ0v) is 13.9. The summed E-state index contributed by atoms with van der Waals surface area (Å²) in [6.45, 7) is 3.47. The average Bonchev–Trinajstić information content (AvgIpc) is 3.04. The summed E-state index contributed by atoms with van der Waals surface area (Å²) >= 11 is 0. The molecule has 2 atom stereocenters. The van der Waals surface area contributed by atoms with E-state index in [0.717, 1.165) is 45.2 Å². The topological polar surface area (TPSA) is 40.6 Å². The second kappa shape index (κ2) is 7.16. The Morgan fingerprint density at radius 1 is 1.22 bits per heavy atom. The fourth-order valence-corrected chi connectivity index (χ4v) is 3.79. The Bertz CT molecular complexity index is 558. The monoisotopic (exact) mass is 314 g/mol. The average molecular weight is 314 g/mol. The van der Waals surface area contributed by atoms with Crippen LogP contribution in [-0.4, -0.2) is 46.8 Å². The number of benzene rings is 1. The van der Waals surface area contributed by atoms with Crippen LogP contribution >= 0.6 is 0 Å². The summed E-state index contributed by atoms with van der Waals surface area (Å²) in [5, 5.41) is 0. The first-order valence-electron chi connectivity index (χ1n) is 8.80. The molecule has 23 heavy (non-hydrogen) atoms. The molecule has 0 spiro atoms. The highest BCUT2D eigenvalue weighted by Gasteiger charge is 2.41. The van der Waals surface area contributed by atoms with E-state index in [1.54, 1.807) is 0 Å². The lowest BCUT2D eigenvalue weighted by Gasteiger charge is -2.41. The highest BCUT2D eigenvalue weighted by molar-refractivity contribution is 5.89. The normalized spacial score (nSPS) is 24.0. The number of amides is 2. The first-order chi connectivity index (χ1) is 11.2. The third-order valence-corrected chi connectivity index (χ3v) is 5.16. The molecule has 124 valence electrons. The van der Waals surface area contributed by atoms with Crippen molar-refractivity contribution in [1.82, 2.24) is 9.80 Å². The van der Waals surface area contributed by atoms with E-state index in [1.807, 2.05) is 22.8 Å². The van der Waals surface area contributed by atoms with Gasteiger partial charge in [-0.15, -0.1) is 0 Å². The smallest absolute Gasteiger partial charge is 0.245 e. The number of unbranched alkanes of at least 4 members (excludes halogenated alkanes) is 1. The van der Waals surface area contributed by atoms with Gasteiger partial charge in [0.15, 0.2) is 0 Å². The fourth-order valence-electron chi connectivity index (χ4n) is 3.79. The van der Waals surface area contributed by atoms with Crippen molar-refractivity contribution in [2.24, 2.45) is 0 Å². The van der Waals surface area contributed by atoms with Gasteiger partial charge in [-0.1, -0.05) is 30.3 Å². The zero-order valence-electron chi connectivity index (χ0n) is 13.9. The largest absolute Gasteiger partial charge is 0.336 e. The Morgan fingerprint density at radius 3 is 2.78 bits per heavy atom. The van der Waals surface area contributed by atoms with E-state index in [1.165, 1.54) is 5.56 Å². The maximum Gasteiger partial charge on any atom is 0.245 e. The first-order valence-corrected chi connectivity index (χ1v) is 8.80. The number of rotatable bonds is 5. The molecule has 2 amide bonds. The van der Waals surface area contributed by atoms with E-state index in [4.69, 9.17) is 0 Å². The molecule has 0 radical (unpaired) electrons. The minimum absolute atomic E-state index is 0.136. The van der Waals surface area contributed by atoms with Crippen LogP contribution in [0.25, 0.3) is 0 Å². The number of hydrogen-bond acceptors (Lipinski definition) is 2. The molecule has 0 aromatic heterocycles. The van der Waals surface area contributed by atoms with E-state index in [2.05, 4.69) is 24.3 Å². The van der Waals surface area contributed by atoms with Crippen molar-refractivity contribution in [2.45, 2.75) is 57.5 Å². The Morgan fingerprint density at radius 2 is 2.00 bits per heavy atom. The molecule has 2 aliphatic rings. The number of carbonyl (C=O) groups is 2. The number of hydrogen-bond donors (Lipinski definition) is 0. The standard InChI is InChI=1S/C19H26N2O2/c1-15-19(23)20-13-7-11-17(20)14-21(15)18(22)12-6-5-10-16-8-3-2-4-9-16/h2-4,8-9,15,17H,5-7,10-14H2,1H3/t15-,17+/m0/s1. The van der Waals surface area contributed by atoms with Crippen molar-refractivity contribution < 1.29 is 9.59 Å². The van der Waals surface area contributed by atoms with Crippen LogP contribution in [0.2, 0.25) is 0 Å². The Kier molecular flexibility index (Phi) is 4.99. The molecule has 4 heteroatoms. The molecule has 2 fully saturated rings. The molecule has 0 unspecified atom stereocenters. The summed E-state index contributed by atoms with van der Waals surface area (Å²) < 4.78 is 0. The van der Waals surface area contributed by atoms with E-state index < -0.39 is 0 Å². The predicted octanol–water partition coefficient (Wildman–Crippen LogP) is 2.62. The van der Waals surface area contributed by atoms with Crippen LogP contribution < -0.4 is 0 Å². The molecular formula is C19H26N2O2. The molecule has 0 aliphatic carbocycles. The van der Waals surface area contributed by atoms with Gasteiger partial charge < -0.3 is 9.80 Å². The van der Waals surface area contributed by atoms with Gasteiger partial charge in [-0.25, -0.2) is 0 Å². The van der Waals surface area contributed by atoms with Gasteiger partial charge >= 0.3 is 0 Å². The summed E-state index contributed by atoms with van der Waals surface area (Å²) in [7, 11) is 0. The van der Waals surface area contributed by atoms with Crippen LogP contribution in [0.3, 0.4) is 0 Å². The molecular weight excluding hydrogens is 288 g/mol. The lowest BCUT2D eigenvalue weighted by molar-refractivity contribution is -0.152. The van der Waals surface area contributed by atoms with Crippen LogP contribution in [0.5, 0.6) is 0 Å². The van der Waals surface area contributed by atoms with Gasteiger partial charge in [-0.2, -0.15) is 0 Å². The van der Waals surface area contributed by atoms with Crippen molar-refractivity contribution in [3.8, 4) is 0 Å². The minimum Gasteiger partial charge on any atom is -0.336 e. The van der Waals surface area contributed by atoms with Gasteiger partial charge in [-0.05, 0) is 44.6 Å². The molecule has 3 rings (SSSR count). The van der Waals surface area contributed by atoms with Crippen LogP contribution in [0.15, 0.2) is 30.3 Å². The maximum absolute atomic E-state index is 12.5. The molecule has 2 aliphatic heterocycles. The Hall–Kier alpha value is -1.84. The van der Waals surface area contributed by atoms with E-state index >= 15 is 0 Å². The van der Waals surface area contributed by atoms with Gasteiger partial charge in [0.1, 0.15) is 6.04 Å². The summed E-state index contributed by atoms with van der Waals surface area (Å²) in [5.74, 6) is 0.279. The molecule has 0 saturated carbocycles. The van der Waals surface area contributed by atoms with Gasteiger partial charge in [0.2, 0.25) is 11.8 Å². The van der Waals surface area contributed by atoms with Crippen molar-refractivity contribution >= 4 is 11.8 Å². The van der Waals surface area contributed by atoms with Gasteiger partial charge in [-0.3, -0.25) is 9.59 Å². The maximum atomic E-state index is 12.5. The summed E-state index contributed by atoms with van der Waals surface area (Å²) in [6, 6.07) is 10.3. The Balaban J connectivity index is 1.47. The van der Waals surface area contributed by atoms with E-state index in [9.17, 15) is 9.59 Å². The number of carbonyl (C=O) groups excluding carboxylic acids is 2.